The molecule has 2 aromatic rings. The van der Waals surface area contributed by atoms with E-state index in [4.69, 9.17) is 9.47 Å². The van der Waals surface area contributed by atoms with Crippen molar-refractivity contribution in [3.05, 3.63) is 53.9 Å². The number of amides is 1. The lowest BCUT2D eigenvalue weighted by Gasteiger charge is -2.09. The summed E-state index contributed by atoms with van der Waals surface area (Å²) >= 11 is 0. The minimum absolute atomic E-state index is 0.312. The molecule has 114 valence electrons. The summed E-state index contributed by atoms with van der Waals surface area (Å²) in [5.41, 5.74) is 4.42. The number of carbonyl (C=O) groups excluding carboxylic acids is 1. The Kier molecular flexibility index (Phi) is 5.08. The number of hydrazone groups is 1. The zero-order valence-electron chi connectivity index (χ0n) is 12.7. The molecule has 0 spiro atoms. The van der Waals surface area contributed by atoms with Crippen LogP contribution in [0.1, 0.15) is 22.8 Å². The standard InChI is InChI=1S/C16H17N3O3/c1-11(12-6-7-14(21-2)15(9-12)22-3)18-19-16(20)13-5-4-8-17-10-13/h4-10H,1-3H3,(H,19,20). The van der Waals surface area contributed by atoms with Crippen LogP contribution in [-0.4, -0.2) is 30.8 Å². The van der Waals surface area contributed by atoms with Gasteiger partial charge in [-0.05, 0) is 37.3 Å². The third-order valence-electron chi connectivity index (χ3n) is 3.05. The lowest BCUT2D eigenvalue weighted by Crippen LogP contribution is -2.19. The second-order valence-corrected chi connectivity index (χ2v) is 4.45. The summed E-state index contributed by atoms with van der Waals surface area (Å²) in [7, 11) is 3.14. The maximum Gasteiger partial charge on any atom is 0.272 e. The van der Waals surface area contributed by atoms with Gasteiger partial charge in [0.05, 0.1) is 25.5 Å². The topological polar surface area (TPSA) is 72.8 Å². The van der Waals surface area contributed by atoms with Gasteiger partial charge in [-0.15, -0.1) is 0 Å². The Labute approximate surface area is 128 Å². The van der Waals surface area contributed by atoms with Crippen molar-refractivity contribution in [2.24, 2.45) is 5.10 Å². The van der Waals surface area contributed by atoms with Crippen molar-refractivity contribution in [1.29, 1.82) is 0 Å². The quantitative estimate of drug-likeness (QED) is 0.679. The molecule has 22 heavy (non-hydrogen) atoms. The number of pyridine rings is 1. The molecule has 0 fully saturated rings. The summed E-state index contributed by atoms with van der Waals surface area (Å²) in [5.74, 6) is 0.930. The number of hydrogen-bond acceptors (Lipinski definition) is 5. The maximum atomic E-state index is 11.9. The monoisotopic (exact) mass is 299 g/mol. The van der Waals surface area contributed by atoms with Gasteiger partial charge in [-0.25, -0.2) is 5.43 Å². The Morgan fingerprint density at radius 3 is 2.55 bits per heavy atom. The number of carbonyl (C=O) groups is 1. The van der Waals surface area contributed by atoms with Gasteiger partial charge < -0.3 is 9.47 Å². The molecule has 2 rings (SSSR count). The van der Waals surface area contributed by atoms with Gasteiger partial charge in [0.15, 0.2) is 11.5 Å². The van der Waals surface area contributed by atoms with Crippen molar-refractivity contribution in [2.45, 2.75) is 6.92 Å². The van der Waals surface area contributed by atoms with E-state index >= 15 is 0 Å². The molecule has 0 saturated carbocycles. The van der Waals surface area contributed by atoms with Crippen molar-refractivity contribution in [2.75, 3.05) is 14.2 Å². The first kappa shape index (κ1) is 15.5. The molecule has 0 unspecified atom stereocenters. The van der Waals surface area contributed by atoms with Crippen LogP contribution in [0.25, 0.3) is 0 Å². The predicted octanol–water partition coefficient (Wildman–Crippen LogP) is 2.25. The Hall–Kier alpha value is -2.89. The maximum absolute atomic E-state index is 11.9. The number of benzene rings is 1. The SMILES string of the molecule is COc1ccc(C(C)=NNC(=O)c2cccnc2)cc1OC. The normalized spacial score (nSPS) is 11.0. The minimum atomic E-state index is -0.312. The average molecular weight is 299 g/mol. The number of methoxy groups -OCH3 is 2. The fourth-order valence-corrected chi connectivity index (χ4v) is 1.82. The van der Waals surface area contributed by atoms with Gasteiger partial charge in [0, 0.05) is 18.0 Å². The number of hydrogen-bond donors (Lipinski definition) is 1. The lowest BCUT2D eigenvalue weighted by molar-refractivity contribution is 0.0954. The summed E-state index contributed by atoms with van der Waals surface area (Å²) in [6, 6.07) is 8.80. The third kappa shape index (κ3) is 3.60. The molecule has 1 amide bonds. The molecule has 0 atom stereocenters. The molecule has 1 aromatic heterocycles. The minimum Gasteiger partial charge on any atom is -0.493 e. The highest BCUT2D eigenvalue weighted by Crippen LogP contribution is 2.27. The van der Waals surface area contributed by atoms with Crippen molar-refractivity contribution >= 4 is 11.6 Å². The van der Waals surface area contributed by atoms with Gasteiger partial charge in [0.1, 0.15) is 0 Å². The van der Waals surface area contributed by atoms with E-state index in [1.54, 1.807) is 51.6 Å². The number of ether oxygens (including phenoxy) is 2. The van der Waals surface area contributed by atoms with E-state index in [-0.39, 0.29) is 5.91 Å². The molecule has 0 saturated heterocycles. The first-order chi connectivity index (χ1) is 10.7. The Morgan fingerprint density at radius 2 is 1.91 bits per heavy atom. The molecule has 1 aromatic carbocycles. The molecule has 6 heteroatoms. The van der Waals surface area contributed by atoms with Gasteiger partial charge in [-0.3, -0.25) is 9.78 Å². The molecule has 0 aliphatic carbocycles. The van der Waals surface area contributed by atoms with Gasteiger partial charge in [0.25, 0.3) is 5.91 Å². The Balaban J connectivity index is 2.14. The van der Waals surface area contributed by atoms with E-state index in [2.05, 4.69) is 15.5 Å². The highest BCUT2D eigenvalue weighted by Gasteiger charge is 2.08. The highest BCUT2D eigenvalue weighted by molar-refractivity contribution is 6.01. The molecule has 0 bridgehead atoms. The van der Waals surface area contributed by atoms with Crippen molar-refractivity contribution in [3.8, 4) is 11.5 Å². The predicted molar refractivity (Wildman–Crippen MR) is 83.5 cm³/mol. The van der Waals surface area contributed by atoms with Crippen molar-refractivity contribution in [1.82, 2.24) is 10.4 Å². The zero-order valence-corrected chi connectivity index (χ0v) is 12.7. The molecular formula is C16H17N3O3. The molecule has 0 aliphatic rings. The van der Waals surface area contributed by atoms with Crippen LogP contribution >= 0.6 is 0 Å². The van der Waals surface area contributed by atoms with Gasteiger partial charge in [-0.2, -0.15) is 5.10 Å². The van der Waals surface area contributed by atoms with Crippen LogP contribution in [0.4, 0.5) is 0 Å². The van der Waals surface area contributed by atoms with Crippen molar-refractivity contribution < 1.29 is 14.3 Å². The first-order valence-electron chi connectivity index (χ1n) is 6.62. The molecule has 0 aliphatic heterocycles. The van der Waals surface area contributed by atoms with Gasteiger partial charge in [0.2, 0.25) is 0 Å². The van der Waals surface area contributed by atoms with E-state index in [0.29, 0.717) is 22.8 Å². The second-order valence-electron chi connectivity index (χ2n) is 4.45. The Morgan fingerprint density at radius 1 is 1.14 bits per heavy atom. The number of aromatic nitrogens is 1. The molecule has 6 nitrogen and oxygen atoms in total. The van der Waals surface area contributed by atoms with Crippen LogP contribution in [-0.2, 0) is 0 Å². The second kappa shape index (κ2) is 7.21. The molecule has 1 N–H and O–H groups in total. The molecule has 1 heterocycles. The van der Waals surface area contributed by atoms with E-state index < -0.39 is 0 Å². The number of nitrogens with zero attached hydrogens (tertiary/aromatic N) is 2. The number of nitrogens with one attached hydrogen (secondary N) is 1. The summed E-state index contributed by atoms with van der Waals surface area (Å²) in [5, 5.41) is 4.09. The summed E-state index contributed by atoms with van der Waals surface area (Å²) < 4.78 is 10.4. The van der Waals surface area contributed by atoms with E-state index in [1.807, 2.05) is 6.07 Å². The zero-order chi connectivity index (χ0) is 15.9. The summed E-state index contributed by atoms with van der Waals surface area (Å²) in [6.07, 6.45) is 3.09. The average Bonchev–Trinajstić information content (AvgIpc) is 2.59. The Bertz CT molecular complexity index is 684. The van der Waals surface area contributed by atoms with Crippen molar-refractivity contribution in [3.63, 3.8) is 0 Å². The van der Waals surface area contributed by atoms with Crippen LogP contribution < -0.4 is 14.9 Å². The molecular weight excluding hydrogens is 282 g/mol. The highest BCUT2D eigenvalue weighted by atomic mass is 16.5. The summed E-state index contributed by atoms with van der Waals surface area (Å²) in [4.78, 5) is 15.8. The van der Waals surface area contributed by atoms with Crippen LogP contribution in [0, 0.1) is 0 Å². The van der Waals surface area contributed by atoms with E-state index in [9.17, 15) is 4.79 Å². The molecule has 0 radical (unpaired) electrons. The number of rotatable bonds is 5. The van der Waals surface area contributed by atoms with Gasteiger partial charge >= 0.3 is 0 Å². The van der Waals surface area contributed by atoms with Crippen LogP contribution in [0.3, 0.4) is 0 Å². The first-order valence-corrected chi connectivity index (χ1v) is 6.62. The van der Waals surface area contributed by atoms with Crippen LogP contribution in [0.2, 0.25) is 0 Å². The van der Waals surface area contributed by atoms with Gasteiger partial charge in [-0.1, -0.05) is 0 Å². The smallest absolute Gasteiger partial charge is 0.272 e. The fraction of sp³-hybridized carbons (Fsp3) is 0.188. The summed E-state index contributed by atoms with van der Waals surface area (Å²) in [6.45, 7) is 1.80. The lowest BCUT2D eigenvalue weighted by atomic mass is 10.1. The third-order valence-corrected chi connectivity index (χ3v) is 3.05. The largest absolute Gasteiger partial charge is 0.493 e. The van der Waals surface area contributed by atoms with E-state index in [0.717, 1.165) is 5.56 Å². The van der Waals surface area contributed by atoms with Crippen LogP contribution in [0.15, 0.2) is 47.8 Å². The fourth-order valence-electron chi connectivity index (χ4n) is 1.82. The van der Waals surface area contributed by atoms with Crippen LogP contribution in [0.5, 0.6) is 11.5 Å². The van der Waals surface area contributed by atoms with E-state index in [1.165, 1.54) is 6.20 Å².